The van der Waals surface area contributed by atoms with E-state index < -0.39 is 17.2 Å². The summed E-state index contributed by atoms with van der Waals surface area (Å²) in [7, 11) is 0. The Bertz CT molecular complexity index is 1110. The number of nitrogens with one attached hydrogen (secondary N) is 2. The number of hydrogen-bond acceptors (Lipinski definition) is 4. The number of anilines is 1. The number of carbonyl (C=O) groups excluding carboxylic acids is 1. The third-order valence-electron chi connectivity index (χ3n) is 4.91. The Labute approximate surface area is 165 Å². The summed E-state index contributed by atoms with van der Waals surface area (Å²) in [4.78, 5) is 29.9. The molecule has 2 heterocycles. The van der Waals surface area contributed by atoms with Crippen LogP contribution in [0.5, 0.6) is 0 Å². The Balaban J connectivity index is 1.59. The van der Waals surface area contributed by atoms with E-state index in [0.29, 0.717) is 43.1 Å². The number of aromatic nitrogens is 1. The molecular weight excluding hydrogens is 380 g/mol. The number of rotatable bonds is 4. The highest BCUT2D eigenvalue weighted by atomic mass is 19.1. The van der Waals surface area contributed by atoms with Crippen LogP contribution in [0.3, 0.4) is 0 Å². The van der Waals surface area contributed by atoms with Gasteiger partial charge >= 0.3 is 0 Å². The predicted molar refractivity (Wildman–Crippen MR) is 105 cm³/mol. The molecule has 0 aliphatic carbocycles. The van der Waals surface area contributed by atoms with Gasteiger partial charge in [-0.25, -0.2) is 8.78 Å². The van der Waals surface area contributed by atoms with E-state index in [4.69, 9.17) is 4.74 Å². The molecule has 2 aromatic carbocycles. The maximum Gasteiger partial charge on any atom is 0.257 e. The minimum Gasteiger partial charge on any atom is -0.378 e. The van der Waals surface area contributed by atoms with E-state index in [2.05, 4.69) is 10.3 Å². The molecule has 0 saturated carbocycles. The minimum absolute atomic E-state index is 0.106. The third kappa shape index (κ3) is 3.97. The zero-order valence-corrected chi connectivity index (χ0v) is 15.5. The molecule has 0 atom stereocenters. The molecule has 6 nitrogen and oxygen atoms in total. The van der Waals surface area contributed by atoms with Gasteiger partial charge in [-0.15, -0.1) is 0 Å². The van der Waals surface area contributed by atoms with E-state index in [0.717, 1.165) is 6.07 Å². The van der Waals surface area contributed by atoms with Crippen molar-refractivity contribution in [3.63, 3.8) is 0 Å². The summed E-state index contributed by atoms with van der Waals surface area (Å²) in [6.07, 6.45) is 1.33. The van der Waals surface area contributed by atoms with Crippen molar-refractivity contribution in [2.24, 2.45) is 0 Å². The summed E-state index contributed by atoms with van der Waals surface area (Å²) >= 11 is 0. The van der Waals surface area contributed by atoms with Crippen LogP contribution in [0.1, 0.15) is 15.9 Å². The van der Waals surface area contributed by atoms with E-state index in [1.54, 1.807) is 18.2 Å². The first-order valence-corrected chi connectivity index (χ1v) is 9.23. The second kappa shape index (κ2) is 8.00. The van der Waals surface area contributed by atoms with E-state index in [9.17, 15) is 18.4 Å². The van der Waals surface area contributed by atoms with Crippen molar-refractivity contribution >= 4 is 22.5 Å². The molecular formula is C21H19F2N3O3. The zero-order chi connectivity index (χ0) is 20.4. The van der Waals surface area contributed by atoms with Crippen LogP contribution in [0.15, 0.2) is 47.4 Å². The van der Waals surface area contributed by atoms with Gasteiger partial charge in [-0.2, -0.15) is 0 Å². The molecule has 1 aliphatic heterocycles. The molecule has 2 N–H and O–H groups in total. The van der Waals surface area contributed by atoms with E-state index in [1.165, 1.54) is 18.3 Å². The Kier molecular flexibility index (Phi) is 5.26. The molecule has 1 aromatic heterocycles. The quantitative estimate of drug-likeness (QED) is 0.707. The SMILES string of the molecule is O=C(NCc1ccc(F)cc1)c1c[nH]c2cc(N3CCOCC3)c(F)cc2c1=O. The molecule has 0 bridgehead atoms. The topological polar surface area (TPSA) is 74.4 Å². The molecule has 1 saturated heterocycles. The number of benzene rings is 2. The Morgan fingerprint density at radius 3 is 2.59 bits per heavy atom. The number of morpholine rings is 1. The fraction of sp³-hybridized carbons (Fsp3) is 0.238. The average Bonchev–Trinajstić information content (AvgIpc) is 2.74. The Morgan fingerprint density at radius 2 is 1.86 bits per heavy atom. The molecule has 1 fully saturated rings. The maximum atomic E-state index is 14.7. The van der Waals surface area contributed by atoms with E-state index >= 15 is 0 Å². The molecule has 150 valence electrons. The molecule has 4 rings (SSSR count). The van der Waals surface area contributed by atoms with Gasteiger partial charge in [0.05, 0.1) is 24.4 Å². The van der Waals surface area contributed by atoms with Gasteiger partial charge in [0, 0.05) is 31.2 Å². The van der Waals surface area contributed by atoms with Gasteiger partial charge in [-0.1, -0.05) is 12.1 Å². The van der Waals surface area contributed by atoms with Crippen LogP contribution in [0.2, 0.25) is 0 Å². The zero-order valence-electron chi connectivity index (χ0n) is 15.5. The highest BCUT2D eigenvalue weighted by molar-refractivity contribution is 5.97. The maximum absolute atomic E-state index is 14.7. The molecule has 1 amide bonds. The van der Waals surface area contributed by atoms with Gasteiger partial charge in [-0.05, 0) is 29.8 Å². The van der Waals surface area contributed by atoms with Crippen LogP contribution < -0.4 is 15.6 Å². The van der Waals surface area contributed by atoms with Crippen molar-refractivity contribution in [3.8, 4) is 0 Å². The van der Waals surface area contributed by atoms with Gasteiger partial charge in [0.1, 0.15) is 17.2 Å². The van der Waals surface area contributed by atoms with Crippen molar-refractivity contribution in [1.29, 1.82) is 0 Å². The summed E-state index contributed by atoms with van der Waals surface area (Å²) in [5.74, 6) is -1.48. The lowest BCUT2D eigenvalue weighted by Crippen LogP contribution is -2.36. The molecule has 3 aromatic rings. The van der Waals surface area contributed by atoms with Gasteiger partial charge in [0.15, 0.2) is 0 Å². The number of fused-ring (bicyclic) bond motifs is 1. The van der Waals surface area contributed by atoms with Crippen LogP contribution in [-0.4, -0.2) is 37.2 Å². The summed E-state index contributed by atoms with van der Waals surface area (Å²) in [6, 6.07) is 8.41. The minimum atomic E-state index is -0.588. The largest absolute Gasteiger partial charge is 0.378 e. The molecule has 0 spiro atoms. The molecule has 0 unspecified atom stereocenters. The lowest BCUT2D eigenvalue weighted by Gasteiger charge is -2.29. The lowest BCUT2D eigenvalue weighted by molar-refractivity contribution is 0.0949. The number of ether oxygens (including phenoxy) is 1. The number of hydrogen-bond donors (Lipinski definition) is 2. The van der Waals surface area contributed by atoms with Crippen molar-refractivity contribution < 1.29 is 18.3 Å². The van der Waals surface area contributed by atoms with Gasteiger partial charge in [0.2, 0.25) is 5.43 Å². The fourth-order valence-electron chi connectivity index (χ4n) is 3.32. The van der Waals surface area contributed by atoms with Crippen LogP contribution in [0, 0.1) is 11.6 Å². The Morgan fingerprint density at radius 1 is 1.14 bits per heavy atom. The van der Waals surface area contributed by atoms with E-state index in [1.807, 2.05) is 4.90 Å². The highest BCUT2D eigenvalue weighted by Gasteiger charge is 2.19. The fourth-order valence-corrected chi connectivity index (χ4v) is 3.32. The van der Waals surface area contributed by atoms with Crippen molar-refractivity contribution in [3.05, 3.63) is 75.6 Å². The van der Waals surface area contributed by atoms with Gasteiger partial charge in [0.25, 0.3) is 5.91 Å². The number of aromatic amines is 1. The molecule has 29 heavy (non-hydrogen) atoms. The van der Waals surface area contributed by atoms with Crippen LogP contribution in [0.25, 0.3) is 10.9 Å². The number of nitrogens with zero attached hydrogens (tertiary/aromatic N) is 1. The van der Waals surface area contributed by atoms with Crippen molar-refractivity contribution in [2.75, 3.05) is 31.2 Å². The third-order valence-corrected chi connectivity index (χ3v) is 4.91. The summed E-state index contributed by atoms with van der Waals surface area (Å²) in [6.45, 7) is 2.30. The first kappa shape index (κ1) is 19.1. The van der Waals surface area contributed by atoms with Crippen LogP contribution in [0.4, 0.5) is 14.5 Å². The molecule has 0 radical (unpaired) electrons. The molecule has 8 heteroatoms. The smallest absolute Gasteiger partial charge is 0.257 e. The van der Waals surface area contributed by atoms with E-state index in [-0.39, 0.29) is 23.3 Å². The standard InChI is InChI=1S/C21H19F2N3O3/c22-14-3-1-13(2-4-14)11-25-21(28)16-12-24-18-10-19(26-5-7-29-8-6-26)17(23)9-15(18)20(16)27/h1-4,9-10,12H,5-8,11H2,(H,24,27)(H,25,28). The van der Waals surface area contributed by atoms with Crippen LogP contribution in [-0.2, 0) is 11.3 Å². The second-order valence-corrected chi connectivity index (χ2v) is 6.79. The number of pyridine rings is 1. The molecule has 1 aliphatic rings. The van der Waals surface area contributed by atoms with Crippen LogP contribution >= 0.6 is 0 Å². The number of halogens is 2. The normalized spacial score (nSPS) is 14.2. The lowest BCUT2D eigenvalue weighted by atomic mass is 10.1. The van der Waals surface area contributed by atoms with Crippen molar-refractivity contribution in [2.45, 2.75) is 6.54 Å². The van der Waals surface area contributed by atoms with Gasteiger partial charge < -0.3 is 19.9 Å². The first-order valence-electron chi connectivity index (χ1n) is 9.23. The second-order valence-electron chi connectivity index (χ2n) is 6.79. The highest BCUT2D eigenvalue weighted by Crippen LogP contribution is 2.24. The summed E-state index contributed by atoms with van der Waals surface area (Å²) in [5, 5.41) is 2.73. The monoisotopic (exact) mass is 399 g/mol. The number of carbonyl (C=O) groups is 1. The summed E-state index contributed by atoms with van der Waals surface area (Å²) < 4.78 is 32.9. The van der Waals surface area contributed by atoms with Gasteiger partial charge in [-0.3, -0.25) is 9.59 Å². The average molecular weight is 399 g/mol. The van der Waals surface area contributed by atoms with Crippen molar-refractivity contribution in [1.82, 2.24) is 10.3 Å². The predicted octanol–water partition coefficient (Wildman–Crippen LogP) is 2.57. The number of H-pyrrole nitrogens is 1. The summed E-state index contributed by atoms with van der Waals surface area (Å²) in [5.41, 5.74) is 0.872. The number of amides is 1. The Hall–Kier alpha value is -3.26. The first-order chi connectivity index (χ1) is 14.0.